The molecular formula is C12H24N2. The molecule has 2 aliphatic rings. The number of rotatable bonds is 1. The molecular weight excluding hydrogens is 172 g/mol. The molecule has 0 radical (unpaired) electrons. The van der Waals surface area contributed by atoms with Gasteiger partial charge in [-0.15, -0.1) is 0 Å². The number of hydrogen-bond donors (Lipinski definition) is 1. The Labute approximate surface area is 88.1 Å². The summed E-state index contributed by atoms with van der Waals surface area (Å²) in [6.07, 6.45) is 4.31. The minimum absolute atomic E-state index is 0.680. The Kier molecular flexibility index (Phi) is 3.13. The predicted octanol–water partition coefficient (Wildman–Crippen LogP) is 1.86. The molecule has 0 aromatic carbocycles. The van der Waals surface area contributed by atoms with Crippen LogP contribution in [-0.4, -0.2) is 36.1 Å². The molecule has 1 saturated carbocycles. The lowest BCUT2D eigenvalue weighted by molar-refractivity contribution is 0.0781. The van der Waals surface area contributed by atoms with E-state index in [-0.39, 0.29) is 0 Å². The van der Waals surface area contributed by atoms with Crippen LogP contribution in [-0.2, 0) is 0 Å². The summed E-state index contributed by atoms with van der Waals surface area (Å²) in [6.45, 7) is 9.51. The minimum atomic E-state index is 0.680. The van der Waals surface area contributed by atoms with Gasteiger partial charge in [-0.2, -0.15) is 0 Å². The topological polar surface area (TPSA) is 15.3 Å². The third kappa shape index (κ3) is 1.96. The maximum Gasteiger partial charge on any atom is 0.0196 e. The van der Waals surface area contributed by atoms with Crippen molar-refractivity contribution in [3.63, 3.8) is 0 Å². The van der Waals surface area contributed by atoms with Crippen molar-refractivity contribution in [2.75, 3.05) is 13.1 Å². The zero-order valence-corrected chi connectivity index (χ0v) is 9.79. The van der Waals surface area contributed by atoms with Crippen LogP contribution in [0.3, 0.4) is 0 Å². The lowest BCUT2D eigenvalue weighted by Gasteiger charge is -2.42. The van der Waals surface area contributed by atoms with Crippen molar-refractivity contribution in [2.45, 2.75) is 58.2 Å². The van der Waals surface area contributed by atoms with Crippen LogP contribution in [0.1, 0.15) is 40.0 Å². The van der Waals surface area contributed by atoms with Crippen molar-refractivity contribution in [2.24, 2.45) is 5.92 Å². The zero-order valence-electron chi connectivity index (χ0n) is 9.79. The highest BCUT2D eigenvalue weighted by Gasteiger charge is 2.34. The first-order chi connectivity index (χ1) is 6.68. The van der Waals surface area contributed by atoms with E-state index in [1.54, 1.807) is 0 Å². The molecule has 1 aliphatic heterocycles. The van der Waals surface area contributed by atoms with Crippen molar-refractivity contribution in [3.8, 4) is 0 Å². The van der Waals surface area contributed by atoms with Gasteiger partial charge in [0.2, 0.25) is 0 Å². The highest BCUT2D eigenvalue weighted by Crippen LogP contribution is 2.31. The highest BCUT2D eigenvalue weighted by molar-refractivity contribution is 4.90. The Morgan fingerprint density at radius 3 is 2.57 bits per heavy atom. The van der Waals surface area contributed by atoms with Gasteiger partial charge in [0.25, 0.3) is 0 Å². The van der Waals surface area contributed by atoms with Crippen LogP contribution in [0.4, 0.5) is 0 Å². The van der Waals surface area contributed by atoms with E-state index >= 15 is 0 Å². The van der Waals surface area contributed by atoms with E-state index in [0.29, 0.717) is 6.04 Å². The summed E-state index contributed by atoms with van der Waals surface area (Å²) in [5.74, 6) is 0.919. The molecule has 1 saturated heterocycles. The van der Waals surface area contributed by atoms with Crippen LogP contribution in [0.5, 0.6) is 0 Å². The molecule has 0 aromatic rings. The van der Waals surface area contributed by atoms with Gasteiger partial charge in [-0.05, 0) is 32.6 Å². The van der Waals surface area contributed by atoms with Gasteiger partial charge in [0.15, 0.2) is 0 Å². The molecule has 2 nitrogen and oxygen atoms in total. The zero-order chi connectivity index (χ0) is 10.1. The first-order valence-electron chi connectivity index (χ1n) is 6.17. The Balaban J connectivity index is 2.00. The van der Waals surface area contributed by atoms with Crippen LogP contribution in [0.25, 0.3) is 0 Å². The molecule has 14 heavy (non-hydrogen) atoms. The van der Waals surface area contributed by atoms with Gasteiger partial charge in [0, 0.05) is 31.2 Å². The van der Waals surface area contributed by atoms with Crippen LogP contribution < -0.4 is 5.32 Å². The maximum atomic E-state index is 3.56. The van der Waals surface area contributed by atoms with E-state index in [9.17, 15) is 0 Å². The molecule has 4 atom stereocenters. The van der Waals surface area contributed by atoms with Gasteiger partial charge in [0.1, 0.15) is 0 Å². The van der Waals surface area contributed by atoms with E-state index in [2.05, 4.69) is 31.0 Å². The molecule has 0 amide bonds. The molecule has 2 rings (SSSR count). The summed E-state index contributed by atoms with van der Waals surface area (Å²) in [6, 6.07) is 2.28. The van der Waals surface area contributed by atoms with Gasteiger partial charge in [-0.1, -0.05) is 13.3 Å². The third-order valence-electron chi connectivity index (χ3n) is 4.05. The summed E-state index contributed by atoms with van der Waals surface area (Å²) in [5, 5.41) is 3.56. The average molecular weight is 196 g/mol. The van der Waals surface area contributed by atoms with E-state index < -0.39 is 0 Å². The average Bonchev–Trinajstić information content (AvgIpc) is 2.56. The molecule has 2 heteroatoms. The van der Waals surface area contributed by atoms with Gasteiger partial charge in [0.05, 0.1) is 0 Å². The Morgan fingerprint density at radius 1 is 1.14 bits per heavy atom. The van der Waals surface area contributed by atoms with E-state index in [1.165, 1.54) is 32.4 Å². The molecule has 2 fully saturated rings. The lowest BCUT2D eigenvalue weighted by atomic mass is 10.00. The quantitative estimate of drug-likeness (QED) is 0.688. The Morgan fingerprint density at radius 2 is 1.93 bits per heavy atom. The highest BCUT2D eigenvalue weighted by atomic mass is 15.3. The van der Waals surface area contributed by atoms with Crippen LogP contribution in [0.2, 0.25) is 0 Å². The van der Waals surface area contributed by atoms with Gasteiger partial charge in [-0.25, -0.2) is 0 Å². The van der Waals surface area contributed by atoms with Crippen molar-refractivity contribution >= 4 is 0 Å². The maximum absolute atomic E-state index is 3.56. The number of hydrogen-bond acceptors (Lipinski definition) is 2. The summed E-state index contributed by atoms with van der Waals surface area (Å²) in [5.41, 5.74) is 0. The van der Waals surface area contributed by atoms with Gasteiger partial charge in [-0.3, -0.25) is 4.90 Å². The molecule has 1 aliphatic carbocycles. The van der Waals surface area contributed by atoms with Gasteiger partial charge < -0.3 is 5.32 Å². The summed E-state index contributed by atoms with van der Waals surface area (Å²) in [4.78, 5) is 2.75. The molecule has 4 unspecified atom stereocenters. The Bertz CT molecular complexity index is 193. The fourth-order valence-electron chi connectivity index (χ4n) is 3.13. The van der Waals surface area contributed by atoms with Crippen molar-refractivity contribution in [1.82, 2.24) is 10.2 Å². The van der Waals surface area contributed by atoms with Crippen molar-refractivity contribution in [3.05, 3.63) is 0 Å². The number of nitrogens with one attached hydrogen (secondary N) is 1. The molecule has 1 heterocycles. The first kappa shape index (κ1) is 10.4. The molecule has 0 bridgehead atoms. The number of nitrogens with zero attached hydrogens (tertiary/aromatic N) is 1. The van der Waals surface area contributed by atoms with Crippen LogP contribution in [0, 0.1) is 5.92 Å². The van der Waals surface area contributed by atoms with Crippen LogP contribution in [0.15, 0.2) is 0 Å². The monoisotopic (exact) mass is 196 g/mol. The van der Waals surface area contributed by atoms with E-state index in [0.717, 1.165) is 18.0 Å². The second-order valence-electron chi connectivity index (χ2n) is 5.33. The smallest absolute Gasteiger partial charge is 0.0196 e. The molecule has 0 spiro atoms. The van der Waals surface area contributed by atoms with Crippen molar-refractivity contribution in [1.29, 1.82) is 0 Å². The normalized spacial score (nSPS) is 45.6. The lowest BCUT2D eigenvalue weighted by Crippen LogP contribution is -2.58. The minimum Gasteiger partial charge on any atom is -0.311 e. The fourth-order valence-corrected chi connectivity index (χ4v) is 3.13. The predicted molar refractivity (Wildman–Crippen MR) is 60.4 cm³/mol. The molecule has 1 N–H and O–H groups in total. The fraction of sp³-hybridized carbons (Fsp3) is 1.00. The summed E-state index contributed by atoms with van der Waals surface area (Å²) < 4.78 is 0. The first-order valence-corrected chi connectivity index (χ1v) is 6.17. The largest absolute Gasteiger partial charge is 0.311 e. The molecule has 82 valence electrons. The third-order valence-corrected chi connectivity index (χ3v) is 4.05. The van der Waals surface area contributed by atoms with Crippen LogP contribution >= 0.6 is 0 Å². The Hall–Kier alpha value is -0.0800. The standard InChI is InChI=1S/C12H24N2/c1-9-5-4-6-12(9)14-8-10(2)13-7-11(14)3/h9-13H,4-8H2,1-3H3. The summed E-state index contributed by atoms with van der Waals surface area (Å²) in [7, 11) is 0. The van der Waals surface area contributed by atoms with E-state index in [1.807, 2.05) is 0 Å². The SMILES string of the molecule is CC1CN(C2CCCC2C)C(C)CN1. The molecule has 0 aromatic heterocycles. The second kappa shape index (κ2) is 4.19. The summed E-state index contributed by atoms with van der Waals surface area (Å²) >= 11 is 0. The van der Waals surface area contributed by atoms with Gasteiger partial charge >= 0.3 is 0 Å². The second-order valence-corrected chi connectivity index (χ2v) is 5.33. The van der Waals surface area contributed by atoms with Crippen molar-refractivity contribution < 1.29 is 0 Å². The number of piperazine rings is 1. The van der Waals surface area contributed by atoms with E-state index in [4.69, 9.17) is 0 Å².